The minimum Gasteiger partial charge on any atom is -0.310 e. The second-order valence-corrected chi connectivity index (χ2v) is 16.6. The SMILES string of the molecule is CC1C=Cc2c(c3ccccc3n2-c2ccc(-c3ccc(-c4ccc(-n5c6ccccc6c6ccccc65)cc4)cc3-c3ccccc3)c(-c3ccc4ccccc4c3)c2)C1. The van der Waals surface area contributed by atoms with Crippen molar-refractivity contribution in [2.75, 3.05) is 0 Å². The molecular formula is C59H42N2. The molecule has 0 bridgehead atoms. The first-order valence-corrected chi connectivity index (χ1v) is 21.4. The van der Waals surface area contributed by atoms with Gasteiger partial charge in [-0.3, -0.25) is 0 Å². The van der Waals surface area contributed by atoms with Crippen LogP contribution in [0, 0.1) is 5.92 Å². The Balaban J connectivity index is 1.03. The number of aromatic nitrogens is 2. The maximum absolute atomic E-state index is 2.48. The molecule has 11 aromatic rings. The van der Waals surface area contributed by atoms with Crippen LogP contribution in [0.5, 0.6) is 0 Å². The smallest absolute Gasteiger partial charge is 0.0541 e. The van der Waals surface area contributed by atoms with Crippen molar-refractivity contribution in [3.63, 3.8) is 0 Å². The fourth-order valence-corrected chi connectivity index (χ4v) is 9.96. The summed E-state index contributed by atoms with van der Waals surface area (Å²) in [6.07, 6.45) is 5.75. The van der Waals surface area contributed by atoms with Crippen LogP contribution in [0.15, 0.2) is 212 Å². The molecule has 0 radical (unpaired) electrons. The van der Waals surface area contributed by atoms with Crippen LogP contribution in [-0.4, -0.2) is 9.13 Å². The Labute approximate surface area is 355 Å². The molecule has 288 valence electrons. The third kappa shape index (κ3) is 5.86. The zero-order valence-electron chi connectivity index (χ0n) is 34.0. The minimum absolute atomic E-state index is 0.514. The van der Waals surface area contributed by atoms with E-state index >= 15 is 0 Å². The number of para-hydroxylation sites is 3. The molecule has 0 saturated heterocycles. The van der Waals surface area contributed by atoms with Crippen molar-refractivity contribution in [2.24, 2.45) is 5.92 Å². The first kappa shape index (κ1) is 35.3. The Kier molecular flexibility index (Phi) is 8.24. The van der Waals surface area contributed by atoms with Crippen LogP contribution in [0.25, 0.3) is 105 Å². The Hall–Kier alpha value is -7.68. The molecule has 9 aromatic carbocycles. The highest BCUT2D eigenvalue weighted by Crippen LogP contribution is 2.44. The highest BCUT2D eigenvalue weighted by atomic mass is 15.0. The van der Waals surface area contributed by atoms with Gasteiger partial charge in [0.2, 0.25) is 0 Å². The molecule has 61 heavy (non-hydrogen) atoms. The van der Waals surface area contributed by atoms with E-state index in [-0.39, 0.29) is 0 Å². The van der Waals surface area contributed by atoms with E-state index in [9.17, 15) is 0 Å². The van der Waals surface area contributed by atoms with Crippen LogP contribution in [0.4, 0.5) is 0 Å². The second kappa shape index (κ2) is 14.3. The standard InChI is InChI=1S/C59H42N2/c1-39-23-34-59-55(35-39)52-19-9-12-22-58(52)61(59)47-31-33-49(54(38-47)45-25-24-40-13-5-6-16-43(40)36-45)48-32-28-44(37-53(48)42-14-3-2-4-15-42)41-26-29-46(30-27-41)60-56-20-10-7-17-50(56)51-18-8-11-21-57(51)60/h2-34,36-39H,35H2,1H3. The molecule has 0 amide bonds. The lowest BCUT2D eigenvalue weighted by Crippen LogP contribution is -2.05. The highest BCUT2D eigenvalue weighted by Gasteiger charge is 2.23. The Morgan fingerprint density at radius 2 is 0.934 bits per heavy atom. The predicted molar refractivity (Wildman–Crippen MR) is 259 cm³/mol. The number of hydrogen-bond acceptors (Lipinski definition) is 0. The summed E-state index contributed by atoms with van der Waals surface area (Å²) >= 11 is 0. The average Bonchev–Trinajstić information content (AvgIpc) is 3.84. The number of nitrogens with zero attached hydrogens (tertiary/aromatic N) is 2. The molecular weight excluding hydrogens is 737 g/mol. The van der Waals surface area contributed by atoms with Crippen LogP contribution in [0.2, 0.25) is 0 Å². The van der Waals surface area contributed by atoms with Crippen molar-refractivity contribution in [1.29, 1.82) is 0 Å². The van der Waals surface area contributed by atoms with Gasteiger partial charge in [0, 0.05) is 33.2 Å². The molecule has 1 unspecified atom stereocenters. The van der Waals surface area contributed by atoms with Crippen molar-refractivity contribution in [3.05, 3.63) is 224 Å². The van der Waals surface area contributed by atoms with Gasteiger partial charge in [-0.2, -0.15) is 0 Å². The molecule has 2 heterocycles. The van der Waals surface area contributed by atoms with Gasteiger partial charge in [-0.1, -0.05) is 165 Å². The molecule has 2 nitrogen and oxygen atoms in total. The van der Waals surface area contributed by atoms with Gasteiger partial charge in [0.05, 0.1) is 16.6 Å². The summed E-state index contributed by atoms with van der Waals surface area (Å²) in [4.78, 5) is 0. The number of allylic oxidation sites excluding steroid dienone is 1. The largest absolute Gasteiger partial charge is 0.310 e. The fourth-order valence-electron chi connectivity index (χ4n) is 9.96. The molecule has 0 N–H and O–H groups in total. The van der Waals surface area contributed by atoms with Crippen molar-refractivity contribution < 1.29 is 0 Å². The van der Waals surface area contributed by atoms with E-state index in [4.69, 9.17) is 0 Å². The highest BCUT2D eigenvalue weighted by molar-refractivity contribution is 6.09. The van der Waals surface area contributed by atoms with E-state index in [1.807, 2.05) is 0 Å². The van der Waals surface area contributed by atoms with E-state index in [1.165, 1.54) is 105 Å². The van der Waals surface area contributed by atoms with Crippen molar-refractivity contribution in [1.82, 2.24) is 9.13 Å². The number of benzene rings is 9. The van der Waals surface area contributed by atoms with Crippen LogP contribution < -0.4 is 0 Å². The van der Waals surface area contributed by atoms with Crippen molar-refractivity contribution in [2.45, 2.75) is 13.3 Å². The number of rotatable bonds is 6. The molecule has 0 fully saturated rings. The van der Waals surface area contributed by atoms with Gasteiger partial charge in [-0.05, 0) is 134 Å². The lowest BCUT2D eigenvalue weighted by molar-refractivity contribution is 0.718. The van der Waals surface area contributed by atoms with Gasteiger partial charge in [-0.15, -0.1) is 0 Å². The maximum atomic E-state index is 2.48. The number of hydrogen-bond donors (Lipinski definition) is 0. The summed E-state index contributed by atoms with van der Waals surface area (Å²) in [5.41, 5.74) is 18.3. The summed E-state index contributed by atoms with van der Waals surface area (Å²) in [6, 6.07) is 76.0. The molecule has 1 aliphatic rings. The Bertz CT molecular complexity index is 3450. The molecule has 2 heteroatoms. The van der Waals surface area contributed by atoms with Gasteiger partial charge in [0.25, 0.3) is 0 Å². The fraction of sp³-hybridized carbons (Fsp3) is 0.0508. The minimum atomic E-state index is 0.514. The van der Waals surface area contributed by atoms with Crippen LogP contribution in [-0.2, 0) is 6.42 Å². The van der Waals surface area contributed by atoms with Crippen LogP contribution >= 0.6 is 0 Å². The van der Waals surface area contributed by atoms with E-state index in [0.29, 0.717) is 5.92 Å². The summed E-state index contributed by atoms with van der Waals surface area (Å²) in [5, 5.41) is 6.37. The summed E-state index contributed by atoms with van der Waals surface area (Å²) in [6.45, 7) is 2.32. The van der Waals surface area contributed by atoms with E-state index in [0.717, 1.165) is 12.1 Å². The van der Waals surface area contributed by atoms with Gasteiger partial charge in [-0.25, -0.2) is 0 Å². The quantitative estimate of drug-likeness (QED) is 0.159. The monoisotopic (exact) mass is 778 g/mol. The Morgan fingerprint density at radius 3 is 1.67 bits per heavy atom. The van der Waals surface area contributed by atoms with Gasteiger partial charge >= 0.3 is 0 Å². The van der Waals surface area contributed by atoms with E-state index < -0.39 is 0 Å². The molecule has 0 spiro atoms. The van der Waals surface area contributed by atoms with Gasteiger partial charge in [0.15, 0.2) is 0 Å². The first-order valence-electron chi connectivity index (χ1n) is 21.4. The summed E-state index contributed by atoms with van der Waals surface area (Å²) < 4.78 is 4.86. The third-order valence-electron chi connectivity index (χ3n) is 12.9. The van der Waals surface area contributed by atoms with Crippen molar-refractivity contribution >= 4 is 49.6 Å². The van der Waals surface area contributed by atoms with Crippen LogP contribution in [0.1, 0.15) is 18.2 Å². The van der Waals surface area contributed by atoms with Gasteiger partial charge in [0.1, 0.15) is 0 Å². The predicted octanol–water partition coefficient (Wildman–Crippen LogP) is 15.8. The van der Waals surface area contributed by atoms with E-state index in [2.05, 4.69) is 234 Å². The average molecular weight is 779 g/mol. The zero-order chi connectivity index (χ0) is 40.4. The molecule has 2 aromatic heterocycles. The van der Waals surface area contributed by atoms with Crippen LogP contribution in [0.3, 0.4) is 0 Å². The summed E-state index contributed by atoms with van der Waals surface area (Å²) in [5.74, 6) is 0.514. The lowest BCUT2D eigenvalue weighted by Gasteiger charge is -2.20. The topological polar surface area (TPSA) is 9.86 Å². The third-order valence-corrected chi connectivity index (χ3v) is 12.9. The Morgan fingerprint density at radius 1 is 0.377 bits per heavy atom. The van der Waals surface area contributed by atoms with Gasteiger partial charge < -0.3 is 9.13 Å². The lowest BCUT2D eigenvalue weighted by atomic mass is 9.86. The molecule has 1 aliphatic carbocycles. The zero-order valence-corrected chi connectivity index (χ0v) is 34.0. The molecule has 1 atom stereocenters. The summed E-state index contributed by atoms with van der Waals surface area (Å²) in [7, 11) is 0. The second-order valence-electron chi connectivity index (χ2n) is 16.6. The molecule has 0 aliphatic heterocycles. The molecule has 0 saturated carbocycles. The first-order chi connectivity index (χ1) is 30.2. The number of fused-ring (bicyclic) bond motifs is 7. The maximum Gasteiger partial charge on any atom is 0.0541 e. The van der Waals surface area contributed by atoms with Crippen molar-refractivity contribution in [3.8, 4) is 55.9 Å². The molecule has 12 rings (SSSR count). The normalized spacial score (nSPS) is 13.7. The van der Waals surface area contributed by atoms with E-state index in [1.54, 1.807) is 0 Å².